The molecule has 0 unspecified atom stereocenters. The molecule has 0 fully saturated rings. The third kappa shape index (κ3) is 2.57. The number of rotatable bonds is 4. The molecule has 1 rings (SSSR count). The van der Waals surface area contributed by atoms with Crippen molar-refractivity contribution in [2.75, 3.05) is 0 Å². The number of Topliss-reactive ketones (excluding diaryl/α,β-unsaturated/α-hetero) is 1. The molecular weight excluding hydrogens is 196 g/mol. The average molecular weight is 212 g/mol. The molecule has 0 heterocycles. The normalized spacial score (nSPS) is 9.38. The number of allylic oxidation sites excluding steroid dienone is 4. The summed E-state index contributed by atoms with van der Waals surface area (Å²) in [5.41, 5.74) is 3.94. The molecule has 0 saturated carbocycles. The number of hydrogen-bond donors (Lipinski definition) is 0. The van der Waals surface area contributed by atoms with Gasteiger partial charge in [0.2, 0.25) is 0 Å². The van der Waals surface area contributed by atoms with Crippen molar-refractivity contribution < 1.29 is 4.79 Å². The van der Waals surface area contributed by atoms with Gasteiger partial charge in [0.15, 0.2) is 5.78 Å². The van der Waals surface area contributed by atoms with Gasteiger partial charge in [-0.3, -0.25) is 4.79 Å². The summed E-state index contributed by atoms with van der Waals surface area (Å²) in [7, 11) is 0. The zero-order valence-electron chi connectivity index (χ0n) is 9.79. The maximum atomic E-state index is 11.1. The predicted octanol–water partition coefficient (Wildman–Crippen LogP) is 4.03. The molecule has 0 spiro atoms. The van der Waals surface area contributed by atoms with Crippen LogP contribution in [0.2, 0.25) is 0 Å². The fourth-order valence-electron chi connectivity index (χ4n) is 1.51. The molecular formula is C15H16O. The molecule has 0 aromatic heterocycles. The van der Waals surface area contributed by atoms with Crippen molar-refractivity contribution in [3.8, 4) is 0 Å². The van der Waals surface area contributed by atoms with Crippen LogP contribution in [0.5, 0.6) is 0 Å². The summed E-state index contributed by atoms with van der Waals surface area (Å²) in [6.07, 6.45) is 3.56. The maximum absolute atomic E-state index is 11.1. The first-order chi connectivity index (χ1) is 7.60. The monoisotopic (exact) mass is 212 g/mol. The molecule has 1 aromatic carbocycles. The van der Waals surface area contributed by atoms with Crippen LogP contribution in [0.25, 0.3) is 5.57 Å². The van der Waals surface area contributed by atoms with Gasteiger partial charge in [0.25, 0.3) is 0 Å². The minimum atomic E-state index is 0.0841. The van der Waals surface area contributed by atoms with Crippen molar-refractivity contribution in [2.24, 2.45) is 0 Å². The number of benzene rings is 1. The quantitative estimate of drug-likeness (QED) is 0.544. The standard InChI is InChI=1S/C15H16O/c1-5-13(6-2)11(3)14-7-9-15(10-8-14)12(4)16/h5-10H,1-2H2,3-4H3. The van der Waals surface area contributed by atoms with E-state index in [1.807, 2.05) is 31.2 Å². The summed E-state index contributed by atoms with van der Waals surface area (Å²) >= 11 is 0. The lowest BCUT2D eigenvalue weighted by Crippen LogP contribution is -1.92. The van der Waals surface area contributed by atoms with E-state index in [0.29, 0.717) is 0 Å². The van der Waals surface area contributed by atoms with Crippen LogP contribution in [0.3, 0.4) is 0 Å². The van der Waals surface area contributed by atoms with Gasteiger partial charge in [-0.15, -0.1) is 0 Å². The smallest absolute Gasteiger partial charge is 0.159 e. The summed E-state index contributed by atoms with van der Waals surface area (Å²) < 4.78 is 0. The van der Waals surface area contributed by atoms with Gasteiger partial charge >= 0.3 is 0 Å². The van der Waals surface area contributed by atoms with Crippen molar-refractivity contribution in [1.29, 1.82) is 0 Å². The number of carbonyl (C=O) groups excluding carboxylic acids is 1. The van der Waals surface area contributed by atoms with Crippen LogP contribution in [0.4, 0.5) is 0 Å². The van der Waals surface area contributed by atoms with Gasteiger partial charge in [-0.05, 0) is 30.6 Å². The second-order valence-corrected chi connectivity index (χ2v) is 3.62. The summed E-state index contributed by atoms with van der Waals surface area (Å²) in [5, 5.41) is 0. The Morgan fingerprint density at radius 1 is 1.00 bits per heavy atom. The Balaban J connectivity index is 3.16. The van der Waals surface area contributed by atoms with Gasteiger partial charge in [-0.1, -0.05) is 49.6 Å². The van der Waals surface area contributed by atoms with Crippen LogP contribution < -0.4 is 0 Å². The van der Waals surface area contributed by atoms with Gasteiger partial charge < -0.3 is 0 Å². The van der Waals surface area contributed by atoms with Crippen LogP contribution in [0.1, 0.15) is 29.8 Å². The van der Waals surface area contributed by atoms with Crippen molar-refractivity contribution >= 4 is 11.4 Å². The fourth-order valence-corrected chi connectivity index (χ4v) is 1.51. The largest absolute Gasteiger partial charge is 0.295 e. The molecule has 0 aliphatic carbocycles. The SMILES string of the molecule is C=CC(C=C)=C(C)c1ccc(C(C)=O)cc1. The molecule has 1 nitrogen and oxygen atoms in total. The molecule has 0 amide bonds. The molecule has 1 heteroatoms. The fraction of sp³-hybridized carbons (Fsp3) is 0.133. The van der Waals surface area contributed by atoms with E-state index in [1.165, 1.54) is 0 Å². The summed E-state index contributed by atoms with van der Waals surface area (Å²) in [6.45, 7) is 11.1. The highest BCUT2D eigenvalue weighted by molar-refractivity contribution is 5.94. The van der Waals surface area contributed by atoms with E-state index in [4.69, 9.17) is 0 Å². The van der Waals surface area contributed by atoms with Crippen LogP contribution in [-0.4, -0.2) is 5.78 Å². The Morgan fingerprint density at radius 3 is 1.81 bits per heavy atom. The molecule has 1 aromatic rings. The Hall–Kier alpha value is -1.89. The highest BCUT2D eigenvalue weighted by Crippen LogP contribution is 2.20. The summed E-state index contributed by atoms with van der Waals surface area (Å²) in [6, 6.07) is 7.56. The van der Waals surface area contributed by atoms with E-state index in [9.17, 15) is 4.79 Å². The minimum absolute atomic E-state index is 0.0841. The van der Waals surface area contributed by atoms with Crippen molar-refractivity contribution in [1.82, 2.24) is 0 Å². The van der Waals surface area contributed by atoms with Crippen molar-refractivity contribution in [2.45, 2.75) is 13.8 Å². The Morgan fingerprint density at radius 2 is 1.44 bits per heavy atom. The number of hydrogen-bond acceptors (Lipinski definition) is 1. The molecule has 82 valence electrons. The van der Waals surface area contributed by atoms with E-state index in [-0.39, 0.29) is 5.78 Å². The first kappa shape index (κ1) is 12.2. The molecule has 0 bridgehead atoms. The molecule has 0 aliphatic rings. The first-order valence-electron chi connectivity index (χ1n) is 5.17. The van der Waals surface area contributed by atoms with Crippen molar-refractivity contribution in [3.05, 3.63) is 66.3 Å². The third-order valence-electron chi connectivity index (χ3n) is 2.60. The van der Waals surface area contributed by atoms with Gasteiger partial charge in [-0.2, -0.15) is 0 Å². The molecule has 0 atom stereocenters. The zero-order valence-corrected chi connectivity index (χ0v) is 9.79. The minimum Gasteiger partial charge on any atom is -0.295 e. The van der Waals surface area contributed by atoms with Crippen LogP contribution in [-0.2, 0) is 0 Å². The Labute approximate surface area is 96.8 Å². The summed E-state index contributed by atoms with van der Waals surface area (Å²) in [4.78, 5) is 11.1. The molecule has 0 N–H and O–H groups in total. The van der Waals surface area contributed by atoms with Crippen LogP contribution in [0, 0.1) is 0 Å². The topological polar surface area (TPSA) is 17.1 Å². The predicted molar refractivity (Wildman–Crippen MR) is 69.4 cm³/mol. The van der Waals surface area contributed by atoms with E-state index in [0.717, 1.165) is 22.3 Å². The highest BCUT2D eigenvalue weighted by Gasteiger charge is 2.02. The van der Waals surface area contributed by atoms with Crippen LogP contribution >= 0.6 is 0 Å². The molecule has 16 heavy (non-hydrogen) atoms. The zero-order chi connectivity index (χ0) is 12.1. The van der Waals surface area contributed by atoms with E-state index in [2.05, 4.69) is 13.2 Å². The Bertz CT molecular complexity index is 437. The lowest BCUT2D eigenvalue weighted by molar-refractivity contribution is 0.101. The molecule has 0 radical (unpaired) electrons. The van der Waals surface area contributed by atoms with Gasteiger partial charge in [0.05, 0.1) is 0 Å². The highest BCUT2D eigenvalue weighted by atomic mass is 16.1. The molecule has 0 aliphatic heterocycles. The second kappa shape index (κ2) is 5.26. The molecule has 0 saturated heterocycles. The number of carbonyl (C=O) groups is 1. The van der Waals surface area contributed by atoms with Gasteiger partial charge in [-0.25, -0.2) is 0 Å². The van der Waals surface area contributed by atoms with Gasteiger partial charge in [0, 0.05) is 5.56 Å². The van der Waals surface area contributed by atoms with E-state index >= 15 is 0 Å². The average Bonchev–Trinajstić information content (AvgIpc) is 2.30. The maximum Gasteiger partial charge on any atom is 0.159 e. The van der Waals surface area contributed by atoms with Crippen molar-refractivity contribution in [3.63, 3.8) is 0 Å². The lowest BCUT2D eigenvalue weighted by Gasteiger charge is -2.05. The Kier molecular flexibility index (Phi) is 4.01. The lowest BCUT2D eigenvalue weighted by atomic mass is 9.99. The first-order valence-corrected chi connectivity index (χ1v) is 5.17. The third-order valence-corrected chi connectivity index (χ3v) is 2.60. The second-order valence-electron chi connectivity index (χ2n) is 3.62. The number of ketones is 1. The van der Waals surface area contributed by atoms with E-state index < -0.39 is 0 Å². The van der Waals surface area contributed by atoms with Crippen LogP contribution in [0.15, 0.2) is 55.1 Å². The van der Waals surface area contributed by atoms with Gasteiger partial charge in [0.1, 0.15) is 0 Å². The summed E-state index contributed by atoms with van der Waals surface area (Å²) in [5.74, 6) is 0.0841. The van der Waals surface area contributed by atoms with E-state index in [1.54, 1.807) is 19.1 Å².